The number of hydrogen-bond acceptors (Lipinski definition) is 1. The number of halogens is 3. The zero-order valence-electron chi connectivity index (χ0n) is 5.44. The molecule has 11 heavy (non-hydrogen) atoms. The Morgan fingerprint density at radius 3 is 2.91 bits per heavy atom. The highest BCUT2D eigenvalue weighted by Crippen LogP contribution is 2.36. The van der Waals surface area contributed by atoms with Gasteiger partial charge in [-0.25, -0.2) is 4.39 Å². The zero-order chi connectivity index (χ0) is 8.48. The van der Waals surface area contributed by atoms with Gasteiger partial charge < -0.3 is 0 Å². The predicted molar refractivity (Wildman–Crippen MR) is 53.2 cm³/mol. The average molecular weight is 328 g/mol. The van der Waals surface area contributed by atoms with Crippen LogP contribution in [0, 0.1) is 11.3 Å². The molecule has 0 N–H and O–H groups in total. The third kappa shape index (κ3) is 2.03. The van der Waals surface area contributed by atoms with Gasteiger partial charge in [0.2, 0.25) is 0 Å². The summed E-state index contributed by atoms with van der Waals surface area (Å²) in [6.45, 7) is 0. The molecule has 1 nitrogen and oxygen atoms in total. The highest BCUT2D eigenvalue weighted by molar-refractivity contribution is 14.1. The third-order valence-corrected chi connectivity index (χ3v) is 3.03. The van der Waals surface area contributed by atoms with E-state index in [4.69, 9.17) is 5.26 Å². The summed E-state index contributed by atoms with van der Waals surface area (Å²) in [7, 11) is 0. The summed E-state index contributed by atoms with van der Waals surface area (Å²) in [5.74, 6) is -0.261. The fraction of sp³-hybridized carbons (Fsp3) is 0.286. The zero-order valence-corrected chi connectivity index (χ0v) is 9.19. The molecule has 1 rings (SSSR count). The molecule has 0 aromatic heterocycles. The summed E-state index contributed by atoms with van der Waals surface area (Å²) in [4.78, 5) is 0. The van der Waals surface area contributed by atoms with Crippen LogP contribution < -0.4 is 0 Å². The molecule has 0 heterocycles. The van der Waals surface area contributed by atoms with Crippen LogP contribution in [0.15, 0.2) is 22.5 Å². The van der Waals surface area contributed by atoms with Gasteiger partial charge in [0.25, 0.3) is 0 Å². The van der Waals surface area contributed by atoms with Gasteiger partial charge in [-0.3, -0.25) is 0 Å². The largest absolute Gasteiger partial charge is 0.210 e. The van der Waals surface area contributed by atoms with Crippen LogP contribution in [0.3, 0.4) is 0 Å². The first-order valence-corrected chi connectivity index (χ1v) is 4.78. The molecule has 0 saturated heterocycles. The average Bonchev–Trinajstić information content (AvgIpc) is 1.98. The van der Waals surface area contributed by atoms with E-state index in [0.29, 0.717) is 4.48 Å². The Kier molecular flexibility index (Phi) is 2.70. The molecule has 0 radical (unpaired) electrons. The molecule has 1 aliphatic carbocycles. The maximum atomic E-state index is 12.9. The number of nitrogens with zero attached hydrogens (tertiary/aromatic N) is 1. The third-order valence-electron chi connectivity index (χ3n) is 1.35. The first-order chi connectivity index (χ1) is 5.07. The topological polar surface area (TPSA) is 23.8 Å². The Bertz CT molecular complexity index is 279. The molecule has 0 aromatic carbocycles. The van der Waals surface area contributed by atoms with Gasteiger partial charge in [-0.15, -0.1) is 0 Å². The fourth-order valence-corrected chi connectivity index (χ4v) is 1.53. The van der Waals surface area contributed by atoms with Gasteiger partial charge in [0.05, 0.1) is 6.07 Å². The lowest BCUT2D eigenvalue weighted by Gasteiger charge is -2.17. The molecule has 4 heteroatoms. The van der Waals surface area contributed by atoms with Crippen LogP contribution in [-0.2, 0) is 0 Å². The number of nitriles is 1. The van der Waals surface area contributed by atoms with Gasteiger partial charge in [0.15, 0.2) is 0 Å². The van der Waals surface area contributed by atoms with Crippen molar-refractivity contribution < 1.29 is 4.39 Å². The van der Waals surface area contributed by atoms with Gasteiger partial charge in [0, 0.05) is 10.9 Å². The van der Waals surface area contributed by atoms with E-state index in [9.17, 15) is 4.39 Å². The Morgan fingerprint density at radius 1 is 1.82 bits per heavy atom. The van der Waals surface area contributed by atoms with E-state index in [1.54, 1.807) is 12.2 Å². The summed E-state index contributed by atoms with van der Waals surface area (Å²) < 4.78 is 12.6. The quantitative estimate of drug-likeness (QED) is 0.495. The Morgan fingerprint density at radius 2 is 2.45 bits per heavy atom. The van der Waals surface area contributed by atoms with Crippen molar-refractivity contribution in [3.8, 4) is 6.07 Å². The molecule has 1 atom stereocenters. The first kappa shape index (κ1) is 9.20. The van der Waals surface area contributed by atoms with Crippen molar-refractivity contribution in [3.05, 3.63) is 22.5 Å². The lowest BCUT2D eigenvalue weighted by atomic mass is 10.0. The van der Waals surface area contributed by atoms with E-state index in [-0.39, 0.29) is 12.2 Å². The van der Waals surface area contributed by atoms with E-state index < -0.39 is 3.42 Å². The van der Waals surface area contributed by atoms with Gasteiger partial charge in [-0.2, -0.15) is 5.26 Å². The molecular formula is C7H4BrFIN. The minimum absolute atomic E-state index is 0.154. The van der Waals surface area contributed by atoms with Crippen LogP contribution in [0.4, 0.5) is 4.39 Å². The van der Waals surface area contributed by atoms with E-state index in [2.05, 4.69) is 15.9 Å². The molecule has 0 aliphatic heterocycles. The van der Waals surface area contributed by atoms with Gasteiger partial charge in [-0.05, 0) is 22.0 Å². The van der Waals surface area contributed by atoms with E-state index in [0.717, 1.165) is 0 Å². The molecular weight excluding hydrogens is 324 g/mol. The molecule has 58 valence electrons. The van der Waals surface area contributed by atoms with Crippen molar-refractivity contribution >= 4 is 38.5 Å². The van der Waals surface area contributed by atoms with Crippen molar-refractivity contribution in [2.75, 3.05) is 0 Å². The minimum Gasteiger partial charge on any atom is -0.210 e. The second-order valence-electron chi connectivity index (χ2n) is 2.24. The molecule has 0 fully saturated rings. The van der Waals surface area contributed by atoms with Crippen LogP contribution >= 0.6 is 38.5 Å². The summed E-state index contributed by atoms with van der Waals surface area (Å²) in [5, 5.41) is 8.64. The van der Waals surface area contributed by atoms with Gasteiger partial charge in [-0.1, -0.05) is 28.7 Å². The SMILES string of the molecule is N#CC1(I)C=CC(Br)=C(F)C1. The maximum Gasteiger partial charge on any atom is 0.133 e. The Hall–Kier alpha value is 0.110. The van der Waals surface area contributed by atoms with Crippen LogP contribution in [0.5, 0.6) is 0 Å². The highest BCUT2D eigenvalue weighted by atomic mass is 127. The summed E-state index contributed by atoms with van der Waals surface area (Å²) in [5.41, 5.74) is 0. The maximum absolute atomic E-state index is 12.9. The van der Waals surface area contributed by atoms with Crippen LogP contribution in [0.25, 0.3) is 0 Å². The van der Waals surface area contributed by atoms with Crippen molar-refractivity contribution in [2.45, 2.75) is 9.84 Å². The molecule has 1 aliphatic rings. The van der Waals surface area contributed by atoms with E-state index in [1.807, 2.05) is 28.7 Å². The van der Waals surface area contributed by atoms with Crippen molar-refractivity contribution in [3.63, 3.8) is 0 Å². The van der Waals surface area contributed by atoms with Crippen LogP contribution in [0.2, 0.25) is 0 Å². The molecule has 1 unspecified atom stereocenters. The normalized spacial score (nSPS) is 30.4. The second-order valence-corrected chi connectivity index (χ2v) is 5.02. The van der Waals surface area contributed by atoms with Gasteiger partial charge in [0.1, 0.15) is 9.25 Å². The van der Waals surface area contributed by atoms with Crippen LogP contribution in [0.1, 0.15) is 6.42 Å². The van der Waals surface area contributed by atoms with Crippen molar-refractivity contribution in [1.82, 2.24) is 0 Å². The molecule has 0 spiro atoms. The lowest BCUT2D eigenvalue weighted by molar-refractivity contribution is 0.576. The highest BCUT2D eigenvalue weighted by Gasteiger charge is 2.28. The standard InChI is InChI=1S/C7H4BrFIN/c8-5-1-2-7(10,4-11)3-6(5)9/h1-2H,3H2. The van der Waals surface area contributed by atoms with Crippen LogP contribution in [-0.4, -0.2) is 3.42 Å². The number of hydrogen-bond donors (Lipinski definition) is 0. The summed E-state index contributed by atoms with van der Waals surface area (Å²) in [6, 6.07) is 2.04. The van der Waals surface area contributed by atoms with E-state index in [1.165, 1.54) is 0 Å². The predicted octanol–water partition coefficient (Wildman–Crippen LogP) is 3.22. The molecule has 0 aromatic rings. The second kappa shape index (κ2) is 3.23. The monoisotopic (exact) mass is 327 g/mol. The Labute approximate surface area is 86.2 Å². The fourth-order valence-electron chi connectivity index (χ4n) is 0.742. The summed E-state index contributed by atoms with van der Waals surface area (Å²) in [6.07, 6.45) is 3.43. The number of rotatable bonds is 0. The van der Waals surface area contributed by atoms with Gasteiger partial charge >= 0.3 is 0 Å². The molecule has 0 bridgehead atoms. The van der Waals surface area contributed by atoms with Crippen molar-refractivity contribution in [2.24, 2.45) is 0 Å². The molecule has 0 amide bonds. The first-order valence-electron chi connectivity index (χ1n) is 2.91. The molecule has 0 saturated carbocycles. The van der Waals surface area contributed by atoms with E-state index >= 15 is 0 Å². The Balaban J connectivity index is 2.93. The smallest absolute Gasteiger partial charge is 0.133 e. The number of allylic oxidation sites excluding steroid dienone is 4. The van der Waals surface area contributed by atoms with Crippen molar-refractivity contribution in [1.29, 1.82) is 5.26 Å². The lowest BCUT2D eigenvalue weighted by Crippen LogP contribution is -2.16. The minimum atomic E-state index is -0.695. The summed E-state index contributed by atoms with van der Waals surface area (Å²) >= 11 is 4.98. The number of alkyl halides is 1.